The summed E-state index contributed by atoms with van der Waals surface area (Å²) in [5.74, 6) is 0. The van der Waals surface area contributed by atoms with Crippen LogP contribution in [-0.2, 0) is 23.3 Å². The Labute approximate surface area is 191 Å². The quantitative estimate of drug-likeness (QED) is 0.351. The molecule has 0 fully saturated rings. The third-order valence-electron chi connectivity index (χ3n) is 3.82. The molecule has 4 heteroatoms. The minimum absolute atomic E-state index is 0. The summed E-state index contributed by atoms with van der Waals surface area (Å²) in [4.78, 5) is 0. The van der Waals surface area contributed by atoms with Crippen LogP contribution in [0.15, 0.2) is 34.4 Å². The summed E-state index contributed by atoms with van der Waals surface area (Å²) in [5.41, 5.74) is 6.49. The summed E-state index contributed by atoms with van der Waals surface area (Å²) >= 11 is 1.74. The molecule has 148 valence electrons. The molecule has 2 rings (SSSR count). The molecule has 26 heavy (non-hydrogen) atoms. The van der Waals surface area contributed by atoms with Crippen LogP contribution in [0.5, 0.6) is 0 Å². The molecule has 0 radical (unpaired) electrons. The molecule has 0 spiro atoms. The van der Waals surface area contributed by atoms with E-state index in [2.05, 4.69) is 92.8 Å². The van der Waals surface area contributed by atoms with Gasteiger partial charge in [0.25, 0.3) is 0 Å². The topological polar surface area (TPSA) is 0 Å². The van der Waals surface area contributed by atoms with Gasteiger partial charge in [-0.05, 0) is 10.8 Å². The third-order valence-corrected chi connectivity index (χ3v) is 3.82. The van der Waals surface area contributed by atoms with Gasteiger partial charge in [-0.25, -0.2) is 23.3 Å². The second-order valence-electron chi connectivity index (χ2n) is 8.91. The zero-order valence-corrected chi connectivity index (χ0v) is 23.3. The van der Waals surface area contributed by atoms with Gasteiger partial charge in [0.05, 0.1) is 0 Å². The summed E-state index contributed by atoms with van der Waals surface area (Å²) in [6, 6.07) is 0. The van der Waals surface area contributed by atoms with Crippen LogP contribution >= 0.6 is 0 Å². The maximum Gasteiger partial charge on any atom is -1.00 e. The van der Waals surface area contributed by atoms with Crippen LogP contribution < -0.4 is 24.8 Å². The molecule has 0 amide bonds. The first kappa shape index (κ1) is 31.3. The first-order valence-corrected chi connectivity index (χ1v) is 15.0. The summed E-state index contributed by atoms with van der Waals surface area (Å²) < 4.78 is 0. The first-order valence-electron chi connectivity index (χ1n) is 8.82. The van der Waals surface area contributed by atoms with E-state index in [4.69, 9.17) is 0 Å². The molecular formula is C22H36Cl2SiZr-2. The minimum Gasteiger partial charge on any atom is -1.00 e. The van der Waals surface area contributed by atoms with Crippen molar-refractivity contribution >= 4 is 5.43 Å². The SMILES string of the molecule is CC1=[C-]CC(C(C)(C)C)=C1.CC1=[C-]CC(C(C)(C)C)=C1.C[Si](C)=[Zr+2].[Cl-].[Cl-]. The summed E-state index contributed by atoms with van der Waals surface area (Å²) in [7, 11) is 0. The first-order chi connectivity index (χ1) is 10.7. The molecule has 0 bridgehead atoms. The monoisotopic (exact) mass is 488 g/mol. The maximum absolute atomic E-state index is 3.30. The molecule has 0 atom stereocenters. The van der Waals surface area contributed by atoms with Crippen molar-refractivity contribution in [2.45, 2.75) is 81.3 Å². The largest absolute Gasteiger partial charge is 1.00 e. The molecule has 0 aromatic rings. The third kappa shape index (κ3) is 14.7. The fourth-order valence-electron chi connectivity index (χ4n) is 2.16. The van der Waals surface area contributed by atoms with E-state index in [-0.39, 0.29) is 30.2 Å². The van der Waals surface area contributed by atoms with Crippen LogP contribution in [-0.4, -0.2) is 5.43 Å². The molecule has 0 aromatic heterocycles. The summed E-state index contributed by atoms with van der Waals surface area (Å²) in [6.07, 6.45) is 13.2. The molecule has 2 aliphatic carbocycles. The Hall–Kier alpha value is 0.640. The van der Waals surface area contributed by atoms with E-state index < -0.39 is 0 Å². The van der Waals surface area contributed by atoms with Crippen molar-refractivity contribution in [1.82, 2.24) is 0 Å². The summed E-state index contributed by atoms with van der Waals surface area (Å²) in [5, 5.41) is 0. The van der Waals surface area contributed by atoms with Gasteiger partial charge in [-0.3, -0.25) is 12.2 Å². The molecule has 0 unspecified atom stereocenters. The maximum atomic E-state index is 3.30. The van der Waals surface area contributed by atoms with Crippen LogP contribution in [0.1, 0.15) is 68.2 Å². The second-order valence-corrected chi connectivity index (χ2v) is 18.3. The van der Waals surface area contributed by atoms with Gasteiger partial charge in [0, 0.05) is 0 Å². The normalized spacial score (nSPS) is 15.5. The molecule has 0 N–H and O–H groups in total. The van der Waals surface area contributed by atoms with Crippen LogP contribution in [0.4, 0.5) is 0 Å². The Morgan fingerprint density at radius 2 is 1.00 bits per heavy atom. The standard InChI is InChI=1S/2C10H15.C2H6Si.2ClH.Zr/c2*1-8-5-6-9(7-8)10(2,3)4;1-3-2;;;/h2*7H,6H2,1-4H3;1-2H3;2*1H;/q2*-1;;;;+2/p-2. The van der Waals surface area contributed by atoms with Crippen LogP contribution in [0.25, 0.3) is 0 Å². The van der Waals surface area contributed by atoms with Crippen molar-refractivity contribution in [3.05, 3.63) is 46.6 Å². The fraction of sp³-hybridized carbons (Fsp3) is 0.636. The predicted molar refractivity (Wildman–Crippen MR) is 107 cm³/mol. The van der Waals surface area contributed by atoms with Crippen LogP contribution in [0.3, 0.4) is 0 Å². The molecular weight excluding hydrogens is 454 g/mol. The van der Waals surface area contributed by atoms with Gasteiger partial charge < -0.3 is 24.8 Å². The molecule has 0 aromatic carbocycles. The van der Waals surface area contributed by atoms with E-state index in [0.717, 1.165) is 12.8 Å². The zero-order valence-electron chi connectivity index (χ0n) is 18.3. The van der Waals surface area contributed by atoms with E-state index in [9.17, 15) is 0 Å². The number of hydrogen-bond acceptors (Lipinski definition) is 0. The van der Waals surface area contributed by atoms with Gasteiger partial charge in [-0.2, -0.15) is 11.1 Å². The van der Waals surface area contributed by atoms with Crippen molar-refractivity contribution in [3.8, 4) is 0 Å². The smallest absolute Gasteiger partial charge is 1.00 e. The van der Waals surface area contributed by atoms with E-state index >= 15 is 0 Å². The Kier molecular flexibility index (Phi) is 16.6. The fourth-order valence-corrected chi connectivity index (χ4v) is 2.16. The van der Waals surface area contributed by atoms with Gasteiger partial charge >= 0.3 is 41.9 Å². The summed E-state index contributed by atoms with van der Waals surface area (Å²) in [6.45, 7) is 22.3. The van der Waals surface area contributed by atoms with Crippen molar-refractivity contribution < 1.29 is 48.1 Å². The van der Waals surface area contributed by atoms with Crippen molar-refractivity contribution in [2.24, 2.45) is 10.8 Å². The Morgan fingerprint density at radius 3 is 1.08 bits per heavy atom. The van der Waals surface area contributed by atoms with Crippen molar-refractivity contribution in [1.29, 1.82) is 0 Å². The van der Waals surface area contributed by atoms with Gasteiger partial charge in [-0.1, -0.05) is 55.4 Å². The number of rotatable bonds is 0. The van der Waals surface area contributed by atoms with Crippen LogP contribution in [0, 0.1) is 23.0 Å². The predicted octanol–water partition coefficient (Wildman–Crippen LogP) is 1.02. The number of halogens is 2. The van der Waals surface area contributed by atoms with Crippen molar-refractivity contribution in [2.75, 3.05) is 0 Å². The molecule has 0 saturated carbocycles. The van der Waals surface area contributed by atoms with Gasteiger partial charge in [0.1, 0.15) is 0 Å². The average Bonchev–Trinajstić information content (AvgIpc) is 2.96. The number of hydrogen-bond donors (Lipinski definition) is 0. The zero-order chi connectivity index (χ0) is 19.1. The Balaban J connectivity index is -0.000000319. The van der Waals surface area contributed by atoms with Crippen molar-refractivity contribution in [3.63, 3.8) is 0 Å². The minimum atomic E-state index is 0. The number of allylic oxidation sites excluding steroid dienone is 8. The van der Waals surface area contributed by atoms with Gasteiger partial charge in [-0.15, -0.1) is 12.8 Å². The van der Waals surface area contributed by atoms with E-state index in [1.807, 2.05) is 0 Å². The average molecular weight is 491 g/mol. The Bertz CT molecular complexity index is 518. The molecule has 0 saturated heterocycles. The van der Waals surface area contributed by atoms with Gasteiger partial charge in [0.2, 0.25) is 0 Å². The van der Waals surface area contributed by atoms with Crippen LogP contribution in [0.2, 0.25) is 13.1 Å². The second kappa shape index (κ2) is 13.8. The van der Waals surface area contributed by atoms with E-state index in [0.29, 0.717) is 10.8 Å². The molecule has 0 aliphatic heterocycles. The molecule has 0 heterocycles. The Morgan fingerprint density at radius 1 is 0.769 bits per heavy atom. The molecule has 0 nitrogen and oxygen atoms in total. The van der Waals surface area contributed by atoms with E-state index in [1.165, 1.54) is 22.3 Å². The molecule has 2 aliphatic rings. The van der Waals surface area contributed by atoms with Gasteiger partial charge in [0.15, 0.2) is 0 Å². The van der Waals surface area contributed by atoms with E-state index in [1.54, 1.807) is 23.3 Å².